The molecule has 7 heteroatoms. The third-order valence-electron chi connectivity index (χ3n) is 4.22. The summed E-state index contributed by atoms with van der Waals surface area (Å²) in [7, 11) is 3.50. The second-order valence-electron chi connectivity index (χ2n) is 5.84. The Morgan fingerprint density at radius 3 is 2.67 bits per heavy atom. The van der Waals surface area contributed by atoms with Crippen LogP contribution in [0.3, 0.4) is 0 Å². The Balaban J connectivity index is 0.00000288. The number of guanidine groups is 1. The van der Waals surface area contributed by atoms with Gasteiger partial charge in [0.15, 0.2) is 5.96 Å². The molecule has 0 bridgehead atoms. The second kappa shape index (κ2) is 10.8. The van der Waals surface area contributed by atoms with Crippen molar-refractivity contribution in [3.8, 4) is 0 Å². The largest absolute Gasteiger partial charge is 0.359 e. The predicted octanol–water partition coefficient (Wildman–Crippen LogP) is 2.88. The first kappa shape index (κ1) is 21.0. The van der Waals surface area contributed by atoms with Gasteiger partial charge in [-0.2, -0.15) is 0 Å². The lowest BCUT2D eigenvalue weighted by molar-refractivity contribution is -0.121. The van der Waals surface area contributed by atoms with E-state index < -0.39 is 0 Å². The van der Waals surface area contributed by atoms with Crippen LogP contribution in [0.1, 0.15) is 24.8 Å². The number of hydrogen-bond donors (Lipinski definition) is 2. The Morgan fingerprint density at radius 1 is 1.38 bits per heavy atom. The number of nitrogens with one attached hydrogen (secondary N) is 2. The van der Waals surface area contributed by atoms with Gasteiger partial charge >= 0.3 is 0 Å². The van der Waals surface area contributed by atoms with E-state index in [1.807, 2.05) is 24.3 Å². The molecule has 0 spiro atoms. The summed E-state index contributed by atoms with van der Waals surface area (Å²) in [6.45, 7) is 2.55. The number of rotatable bonds is 4. The molecule has 1 aromatic carbocycles. The average Bonchev–Trinajstić information content (AvgIpc) is 2.56. The lowest BCUT2D eigenvalue weighted by Crippen LogP contribution is -2.45. The van der Waals surface area contributed by atoms with Gasteiger partial charge in [-0.3, -0.25) is 9.79 Å². The zero-order valence-corrected chi connectivity index (χ0v) is 17.3. The number of likely N-dealkylation sites (tertiary alicyclic amines) is 1. The topological polar surface area (TPSA) is 56.7 Å². The van der Waals surface area contributed by atoms with Gasteiger partial charge in [0.2, 0.25) is 5.91 Å². The fourth-order valence-electron chi connectivity index (χ4n) is 2.87. The smallest absolute Gasteiger partial charge is 0.220 e. The van der Waals surface area contributed by atoms with E-state index in [9.17, 15) is 4.79 Å². The fourth-order valence-corrected chi connectivity index (χ4v) is 3.09. The van der Waals surface area contributed by atoms with E-state index in [2.05, 4.69) is 20.5 Å². The summed E-state index contributed by atoms with van der Waals surface area (Å²) in [4.78, 5) is 18.1. The van der Waals surface area contributed by atoms with Crippen LogP contribution >= 0.6 is 35.6 Å². The number of piperidine rings is 1. The number of halogens is 2. The molecule has 0 radical (unpaired) electrons. The summed E-state index contributed by atoms with van der Waals surface area (Å²) in [6, 6.07) is 7.82. The summed E-state index contributed by atoms with van der Waals surface area (Å²) in [5.41, 5.74) is 1.13. The van der Waals surface area contributed by atoms with Gasteiger partial charge in [-0.1, -0.05) is 23.7 Å². The molecule has 0 saturated carbocycles. The highest BCUT2D eigenvalue weighted by Crippen LogP contribution is 2.20. The summed E-state index contributed by atoms with van der Waals surface area (Å²) in [5.74, 6) is 1.51. The molecule has 1 amide bonds. The number of benzene rings is 1. The maximum atomic E-state index is 11.5. The van der Waals surface area contributed by atoms with Gasteiger partial charge in [-0.15, -0.1) is 24.0 Å². The Morgan fingerprint density at radius 2 is 2.08 bits per heavy atom. The molecular formula is C17H26ClIN4O. The molecule has 1 aliphatic heterocycles. The van der Waals surface area contributed by atoms with Crippen LogP contribution in [0, 0.1) is 5.92 Å². The minimum Gasteiger partial charge on any atom is -0.359 e. The monoisotopic (exact) mass is 464 g/mol. The highest BCUT2D eigenvalue weighted by molar-refractivity contribution is 14.0. The molecule has 1 heterocycles. The normalized spacial score (nSPS) is 15.6. The summed E-state index contributed by atoms with van der Waals surface area (Å²) >= 11 is 6.01. The van der Waals surface area contributed by atoms with Crippen LogP contribution in [0.5, 0.6) is 0 Å². The zero-order valence-electron chi connectivity index (χ0n) is 14.2. The van der Waals surface area contributed by atoms with Crippen LogP contribution in [0.2, 0.25) is 5.02 Å². The van der Waals surface area contributed by atoms with Crippen LogP contribution in [-0.4, -0.2) is 44.0 Å². The number of amides is 1. The molecule has 1 saturated heterocycles. The van der Waals surface area contributed by atoms with Crippen molar-refractivity contribution >= 4 is 47.4 Å². The molecule has 0 aromatic heterocycles. The lowest BCUT2D eigenvalue weighted by atomic mass is 9.93. The number of aliphatic imine (C=N–C) groups is 1. The molecule has 0 aliphatic carbocycles. The van der Waals surface area contributed by atoms with Crippen molar-refractivity contribution < 1.29 is 4.79 Å². The quantitative estimate of drug-likeness (QED) is 0.409. The maximum absolute atomic E-state index is 11.5. The van der Waals surface area contributed by atoms with E-state index in [1.165, 1.54) is 0 Å². The highest BCUT2D eigenvalue weighted by Gasteiger charge is 2.22. The van der Waals surface area contributed by atoms with E-state index in [1.54, 1.807) is 14.1 Å². The number of hydrogen-bond acceptors (Lipinski definition) is 2. The molecule has 134 valence electrons. The Hall–Kier alpha value is -1.02. The molecule has 0 atom stereocenters. The Kier molecular flexibility index (Phi) is 9.43. The van der Waals surface area contributed by atoms with Crippen LogP contribution in [0.4, 0.5) is 0 Å². The van der Waals surface area contributed by atoms with Crippen molar-refractivity contribution in [3.05, 3.63) is 34.9 Å². The van der Waals surface area contributed by atoms with Gasteiger partial charge in [0.1, 0.15) is 0 Å². The molecular weight excluding hydrogens is 439 g/mol. The van der Waals surface area contributed by atoms with Crippen molar-refractivity contribution in [1.29, 1.82) is 0 Å². The van der Waals surface area contributed by atoms with Crippen molar-refractivity contribution in [3.63, 3.8) is 0 Å². The standard InChI is InChI=1S/C17H25ClN4O.HI/c1-19-16(23)11-13-6-8-22(9-7-13)17(20-2)21-12-14-4-3-5-15(18)10-14;/h3-5,10,13H,6-9,11-12H2,1-2H3,(H,19,23)(H,20,21);1H. The van der Waals surface area contributed by atoms with Crippen LogP contribution in [0.15, 0.2) is 29.3 Å². The van der Waals surface area contributed by atoms with E-state index in [0.29, 0.717) is 18.9 Å². The maximum Gasteiger partial charge on any atom is 0.220 e. The van der Waals surface area contributed by atoms with E-state index in [0.717, 1.165) is 42.5 Å². The van der Waals surface area contributed by atoms with E-state index in [4.69, 9.17) is 11.6 Å². The van der Waals surface area contributed by atoms with Crippen LogP contribution < -0.4 is 10.6 Å². The molecule has 5 nitrogen and oxygen atoms in total. The van der Waals surface area contributed by atoms with Crippen molar-refractivity contribution in [1.82, 2.24) is 15.5 Å². The average molecular weight is 465 g/mol. The van der Waals surface area contributed by atoms with Gasteiger partial charge in [-0.05, 0) is 36.5 Å². The first-order valence-electron chi connectivity index (χ1n) is 8.03. The van der Waals surface area contributed by atoms with Crippen molar-refractivity contribution in [2.24, 2.45) is 10.9 Å². The molecule has 2 N–H and O–H groups in total. The van der Waals surface area contributed by atoms with Gasteiger partial charge in [0.25, 0.3) is 0 Å². The fraction of sp³-hybridized carbons (Fsp3) is 0.529. The number of carbonyl (C=O) groups excluding carboxylic acids is 1. The lowest BCUT2D eigenvalue weighted by Gasteiger charge is -2.34. The molecule has 2 rings (SSSR count). The number of carbonyl (C=O) groups is 1. The third kappa shape index (κ3) is 6.47. The Labute approximate surface area is 166 Å². The van der Waals surface area contributed by atoms with Crippen LogP contribution in [-0.2, 0) is 11.3 Å². The predicted molar refractivity (Wildman–Crippen MR) is 110 cm³/mol. The SMILES string of the molecule is CN=C(NCc1cccc(Cl)c1)N1CCC(CC(=O)NC)CC1.I. The number of nitrogens with zero attached hydrogens (tertiary/aromatic N) is 2. The van der Waals surface area contributed by atoms with Crippen molar-refractivity contribution in [2.75, 3.05) is 27.2 Å². The molecule has 1 aromatic rings. The first-order valence-corrected chi connectivity index (χ1v) is 8.40. The summed E-state index contributed by atoms with van der Waals surface area (Å²) in [6.07, 6.45) is 2.66. The molecule has 1 fully saturated rings. The molecule has 1 aliphatic rings. The van der Waals surface area contributed by atoms with Gasteiger partial charge in [0, 0.05) is 45.2 Å². The minimum absolute atomic E-state index is 0. The first-order chi connectivity index (χ1) is 11.1. The van der Waals surface area contributed by atoms with Gasteiger partial charge < -0.3 is 15.5 Å². The summed E-state index contributed by atoms with van der Waals surface area (Å²) in [5, 5.41) is 6.83. The second-order valence-corrected chi connectivity index (χ2v) is 6.27. The highest BCUT2D eigenvalue weighted by atomic mass is 127. The Bertz CT molecular complexity index is 559. The minimum atomic E-state index is 0. The molecule has 24 heavy (non-hydrogen) atoms. The van der Waals surface area contributed by atoms with Crippen molar-refractivity contribution in [2.45, 2.75) is 25.8 Å². The van der Waals surface area contributed by atoms with E-state index >= 15 is 0 Å². The van der Waals surface area contributed by atoms with Gasteiger partial charge in [-0.25, -0.2) is 0 Å². The van der Waals surface area contributed by atoms with Crippen LogP contribution in [0.25, 0.3) is 0 Å². The van der Waals surface area contributed by atoms with E-state index in [-0.39, 0.29) is 29.9 Å². The third-order valence-corrected chi connectivity index (χ3v) is 4.45. The van der Waals surface area contributed by atoms with Gasteiger partial charge in [0.05, 0.1) is 0 Å². The molecule has 0 unspecified atom stereocenters. The zero-order chi connectivity index (χ0) is 16.7. The summed E-state index contributed by atoms with van der Waals surface area (Å²) < 4.78 is 0.